The number of sulfonamides is 1. The second-order valence-electron chi connectivity index (χ2n) is 7.12. The van der Waals surface area contributed by atoms with Gasteiger partial charge < -0.3 is 16.4 Å². The molecule has 0 aromatic heterocycles. The van der Waals surface area contributed by atoms with Crippen LogP contribution in [0, 0.1) is 17.5 Å². The molecule has 178 valence electrons. The number of rotatable bonds is 6. The highest BCUT2D eigenvalue weighted by atomic mass is 32.2. The van der Waals surface area contributed by atoms with Crippen LogP contribution in [0.3, 0.4) is 0 Å². The maximum Gasteiger partial charge on any atom is 0.323 e. The second kappa shape index (κ2) is 10.2. The molecule has 1 heterocycles. The molecular weight excluding hydrogens is 463 g/mol. The number of benzene rings is 2. The standard InChI is InChI=1S/C20H22F3N5O4S/c21-13-2-5-15(6-3-13)33(31,32)28-11-1-10-27(19(28)18(29)25-9-8-24)20(30)26-17-7-4-14(22)12-16(17)23/h2-7,12,19H,1,8-11,24H2,(H,25,29)(H,26,30). The van der Waals surface area contributed by atoms with E-state index in [1.165, 1.54) is 0 Å². The smallest absolute Gasteiger partial charge is 0.323 e. The Kier molecular flexibility index (Phi) is 7.56. The molecule has 2 aromatic rings. The first-order valence-electron chi connectivity index (χ1n) is 9.93. The van der Waals surface area contributed by atoms with Crippen molar-refractivity contribution in [3.05, 3.63) is 59.9 Å². The van der Waals surface area contributed by atoms with E-state index in [1.54, 1.807) is 0 Å². The van der Waals surface area contributed by atoms with Crippen LogP contribution in [0.1, 0.15) is 6.42 Å². The molecule has 2 aromatic carbocycles. The van der Waals surface area contributed by atoms with E-state index in [0.29, 0.717) is 6.07 Å². The van der Waals surface area contributed by atoms with Crippen molar-refractivity contribution in [2.45, 2.75) is 17.5 Å². The van der Waals surface area contributed by atoms with Gasteiger partial charge in [-0.15, -0.1) is 0 Å². The van der Waals surface area contributed by atoms with Gasteiger partial charge in [0, 0.05) is 32.2 Å². The van der Waals surface area contributed by atoms with Crippen LogP contribution in [-0.2, 0) is 14.8 Å². The van der Waals surface area contributed by atoms with Gasteiger partial charge in [-0.25, -0.2) is 26.4 Å². The molecule has 0 spiro atoms. The molecule has 1 fully saturated rings. The lowest BCUT2D eigenvalue weighted by Crippen LogP contribution is -2.64. The first-order chi connectivity index (χ1) is 15.6. The van der Waals surface area contributed by atoms with E-state index in [9.17, 15) is 31.2 Å². The summed E-state index contributed by atoms with van der Waals surface area (Å²) in [6, 6.07) is 5.56. The van der Waals surface area contributed by atoms with E-state index in [4.69, 9.17) is 5.73 Å². The number of nitrogens with zero attached hydrogens (tertiary/aromatic N) is 2. The fraction of sp³-hybridized carbons (Fsp3) is 0.300. The number of hydrogen-bond donors (Lipinski definition) is 3. The zero-order chi connectivity index (χ0) is 24.2. The SMILES string of the molecule is NCCNC(=O)C1N(C(=O)Nc2ccc(F)cc2F)CCCN1S(=O)(=O)c1ccc(F)cc1. The summed E-state index contributed by atoms with van der Waals surface area (Å²) in [6.45, 7) is -0.0438. The summed E-state index contributed by atoms with van der Waals surface area (Å²) in [4.78, 5) is 26.5. The zero-order valence-corrected chi connectivity index (χ0v) is 18.1. The van der Waals surface area contributed by atoms with Crippen molar-refractivity contribution in [3.8, 4) is 0 Å². The van der Waals surface area contributed by atoms with Gasteiger partial charge in [0.15, 0.2) is 6.17 Å². The molecule has 1 unspecified atom stereocenters. The van der Waals surface area contributed by atoms with Gasteiger partial charge in [0.1, 0.15) is 17.5 Å². The Labute approximate surface area is 188 Å². The minimum atomic E-state index is -4.32. The largest absolute Gasteiger partial charge is 0.352 e. The minimum Gasteiger partial charge on any atom is -0.352 e. The number of nitrogens with one attached hydrogen (secondary N) is 2. The van der Waals surface area contributed by atoms with Crippen LogP contribution >= 0.6 is 0 Å². The Balaban J connectivity index is 1.95. The summed E-state index contributed by atoms with van der Waals surface area (Å²) in [7, 11) is -4.32. The molecule has 3 amide bonds. The van der Waals surface area contributed by atoms with Crippen molar-refractivity contribution in [2.24, 2.45) is 5.73 Å². The summed E-state index contributed by atoms with van der Waals surface area (Å²) in [5.74, 6) is -3.35. The quantitative estimate of drug-likeness (QED) is 0.571. The van der Waals surface area contributed by atoms with Gasteiger partial charge in [-0.1, -0.05) is 0 Å². The number of anilines is 1. The third kappa shape index (κ3) is 5.43. The van der Waals surface area contributed by atoms with Gasteiger partial charge in [-0.2, -0.15) is 4.31 Å². The van der Waals surface area contributed by atoms with Crippen LogP contribution in [0.2, 0.25) is 0 Å². The van der Waals surface area contributed by atoms with Gasteiger partial charge in [-0.05, 0) is 42.8 Å². The van der Waals surface area contributed by atoms with Crippen LogP contribution in [0.4, 0.5) is 23.7 Å². The first kappa shape index (κ1) is 24.5. The molecule has 0 aliphatic carbocycles. The number of halogens is 3. The normalized spacial score (nSPS) is 17.0. The fourth-order valence-electron chi connectivity index (χ4n) is 3.34. The number of amides is 3. The molecule has 3 rings (SSSR count). The molecule has 9 nitrogen and oxygen atoms in total. The number of nitrogens with two attached hydrogens (primary N) is 1. The summed E-state index contributed by atoms with van der Waals surface area (Å²) in [5.41, 5.74) is 5.06. The topological polar surface area (TPSA) is 125 Å². The van der Waals surface area contributed by atoms with E-state index in [1.807, 2.05) is 0 Å². The Hall–Kier alpha value is -3.16. The molecule has 13 heteroatoms. The van der Waals surface area contributed by atoms with E-state index in [0.717, 1.165) is 45.6 Å². The average Bonchev–Trinajstić information content (AvgIpc) is 2.79. The predicted octanol–water partition coefficient (Wildman–Crippen LogP) is 1.43. The Morgan fingerprint density at radius 1 is 1.03 bits per heavy atom. The summed E-state index contributed by atoms with van der Waals surface area (Å²) in [5, 5.41) is 4.69. The number of carbonyl (C=O) groups excluding carboxylic acids is 2. The molecule has 4 N–H and O–H groups in total. The first-order valence-corrected chi connectivity index (χ1v) is 11.4. The van der Waals surface area contributed by atoms with Gasteiger partial charge in [-0.3, -0.25) is 9.69 Å². The third-order valence-electron chi connectivity index (χ3n) is 4.88. The fourth-order valence-corrected chi connectivity index (χ4v) is 4.93. The van der Waals surface area contributed by atoms with E-state index >= 15 is 0 Å². The minimum absolute atomic E-state index is 0.0157. The van der Waals surface area contributed by atoms with Gasteiger partial charge in [0.25, 0.3) is 5.91 Å². The lowest BCUT2D eigenvalue weighted by molar-refractivity contribution is -0.130. The molecular formula is C20H22F3N5O4S. The lowest BCUT2D eigenvalue weighted by atomic mass is 10.2. The van der Waals surface area contributed by atoms with Gasteiger partial charge >= 0.3 is 6.03 Å². The van der Waals surface area contributed by atoms with Crippen molar-refractivity contribution < 1.29 is 31.2 Å². The highest BCUT2D eigenvalue weighted by Gasteiger charge is 2.44. The Morgan fingerprint density at radius 3 is 2.33 bits per heavy atom. The zero-order valence-electron chi connectivity index (χ0n) is 17.3. The molecule has 0 bridgehead atoms. The van der Waals surface area contributed by atoms with Crippen molar-refractivity contribution in [2.75, 3.05) is 31.5 Å². The van der Waals surface area contributed by atoms with Gasteiger partial charge in [0.2, 0.25) is 10.0 Å². The van der Waals surface area contributed by atoms with Crippen molar-refractivity contribution >= 4 is 27.6 Å². The highest BCUT2D eigenvalue weighted by Crippen LogP contribution is 2.26. The van der Waals surface area contributed by atoms with Crippen LogP contribution < -0.4 is 16.4 Å². The highest BCUT2D eigenvalue weighted by molar-refractivity contribution is 7.89. The average molecular weight is 485 g/mol. The molecule has 1 saturated heterocycles. The second-order valence-corrected chi connectivity index (χ2v) is 9.01. The lowest BCUT2D eigenvalue weighted by Gasteiger charge is -2.41. The van der Waals surface area contributed by atoms with E-state index < -0.39 is 45.6 Å². The number of carbonyl (C=O) groups is 2. The van der Waals surface area contributed by atoms with Gasteiger partial charge in [0.05, 0.1) is 10.6 Å². The molecule has 0 radical (unpaired) electrons. The molecule has 0 saturated carbocycles. The van der Waals surface area contributed by atoms with E-state index in [2.05, 4.69) is 10.6 Å². The van der Waals surface area contributed by atoms with Crippen molar-refractivity contribution in [3.63, 3.8) is 0 Å². The van der Waals surface area contributed by atoms with Crippen molar-refractivity contribution in [1.82, 2.24) is 14.5 Å². The van der Waals surface area contributed by atoms with Crippen LogP contribution in [0.15, 0.2) is 47.4 Å². The summed E-state index contributed by atoms with van der Waals surface area (Å²) in [6.07, 6.45) is -1.45. The van der Waals surface area contributed by atoms with Crippen LogP contribution in [-0.4, -0.2) is 61.9 Å². The monoisotopic (exact) mass is 485 g/mol. The summed E-state index contributed by atoms with van der Waals surface area (Å²) >= 11 is 0. The maximum atomic E-state index is 14.0. The van der Waals surface area contributed by atoms with Crippen LogP contribution in [0.25, 0.3) is 0 Å². The Bertz CT molecular complexity index is 1130. The number of hydrogen-bond acceptors (Lipinski definition) is 5. The van der Waals surface area contributed by atoms with E-state index in [-0.39, 0.29) is 43.2 Å². The molecule has 1 aliphatic rings. The Morgan fingerprint density at radius 2 is 1.70 bits per heavy atom. The number of urea groups is 1. The summed E-state index contributed by atoms with van der Waals surface area (Å²) < 4.78 is 67.8. The molecule has 1 atom stereocenters. The van der Waals surface area contributed by atoms with Crippen LogP contribution in [0.5, 0.6) is 0 Å². The molecule has 33 heavy (non-hydrogen) atoms. The third-order valence-corrected chi connectivity index (χ3v) is 6.75. The maximum absolute atomic E-state index is 14.0. The van der Waals surface area contributed by atoms with Crippen molar-refractivity contribution in [1.29, 1.82) is 0 Å². The molecule has 1 aliphatic heterocycles. The predicted molar refractivity (Wildman–Crippen MR) is 113 cm³/mol.